The number of piperidine rings is 1. The van der Waals surface area contributed by atoms with Gasteiger partial charge in [0.05, 0.1) is 0 Å². The summed E-state index contributed by atoms with van der Waals surface area (Å²) in [6.07, 6.45) is 21.7. The third-order valence-electron chi connectivity index (χ3n) is 10.6. The number of thiophene rings is 1. The van der Waals surface area contributed by atoms with Gasteiger partial charge in [-0.2, -0.15) is 0 Å². The molecule has 4 aromatic rings. The van der Waals surface area contributed by atoms with E-state index in [2.05, 4.69) is 89.8 Å². The number of nitrogens with two attached hydrogens (primary N) is 1. The van der Waals surface area contributed by atoms with Crippen LogP contribution in [-0.2, 0) is 12.8 Å². The van der Waals surface area contributed by atoms with Gasteiger partial charge in [-0.05, 0) is 116 Å². The van der Waals surface area contributed by atoms with Crippen LogP contribution in [0.25, 0.3) is 21.0 Å². The number of allylic oxidation sites excluding steroid dienone is 2. The summed E-state index contributed by atoms with van der Waals surface area (Å²) >= 11 is 1.89. The minimum atomic E-state index is 0.699. The number of H-pyrrole nitrogens is 1. The molecule has 3 atom stereocenters. The van der Waals surface area contributed by atoms with Crippen molar-refractivity contribution in [3.05, 3.63) is 95.0 Å². The second kappa shape index (κ2) is 14.4. The summed E-state index contributed by atoms with van der Waals surface area (Å²) in [4.78, 5) is 5.95. The molecule has 3 nitrogen and oxygen atoms in total. The van der Waals surface area contributed by atoms with E-state index in [1.165, 1.54) is 96.6 Å². The molecule has 4 aliphatic carbocycles. The van der Waals surface area contributed by atoms with Gasteiger partial charge in [0.2, 0.25) is 0 Å². The molecule has 2 fully saturated rings. The van der Waals surface area contributed by atoms with E-state index in [0.717, 1.165) is 30.1 Å². The van der Waals surface area contributed by atoms with Crippen molar-refractivity contribution in [2.24, 2.45) is 29.4 Å². The quantitative estimate of drug-likeness (QED) is 0.210. The molecule has 2 aromatic heterocycles. The van der Waals surface area contributed by atoms with Gasteiger partial charge in [-0.1, -0.05) is 80.5 Å². The van der Waals surface area contributed by atoms with Crippen LogP contribution in [0.4, 0.5) is 0 Å². The zero-order valence-corrected chi connectivity index (χ0v) is 27.1. The van der Waals surface area contributed by atoms with Crippen LogP contribution in [0.5, 0.6) is 0 Å². The maximum absolute atomic E-state index is 5.50. The fourth-order valence-corrected chi connectivity index (χ4v) is 9.15. The number of fused-ring (bicyclic) bond motifs is 6. The van der Waals surface area contributed by atoms with Crippen molar-refractivity contribution in [3.63, 3.8) is 0 Å². The lowest BCUT2D eigenvalue weighted by molar-refractivity contribution is 0.0826. The molecule has 0 amide bonds. The molecule has 10 rings (SSSR count). The van der Waals surface area contributed by atoms with Crippen LogP contribution in [0.3, 0.4) is 0 Å². The molecular formula is C39H51N3S. The van der Waals surface area contributed by atoms with Crippen LogP contribution in [0.2, 0.25) is 0 Å². The minimum Gasteiger partial charge on any atom is -0.361 e. The Hall–Kier alpha value is -2.66. The van der Waals surface area contributed by atoms with Crippen LogP contribution in [0.15, 0.2) is 83.9 Å². The number of aromatic amines is 1. The summed E-state index contributed by atoms with van der Waals surface area (Å²) in [5, 5.41) is 5.12. The van der Waals surface area contributed by atoms with Crippen molar-refractivity contribution in [2.45, 2.75) is 77.7 Å². The van der Waals surface area contributed by atoms with Crippen LogP contribution in [0.1, 0.15) is 69.9 Å². The van der Waals surface area contributed by atoms with E-state index in [4.69, 9.17) is 5.73 Å². The minimum absolute atomic E-state index is 0.699. The Morgan fingerprint density at radius 2 is 1.67 bits per heavy atom. The first-order chi connectivity index (χ1) is 21.2. The largest absolute Gasteiger partial charge is 0.361 e. The number of nitrogens with one attached hydrogen (secondary N) is 1. The standard InChI is InChI=1S/C19H23NS.C10H12N2.C10H16/c1-2-15-11-14-7-8-18(15)20(12-14)10-9-16-13-21-19-6-4-3-5-17(16)19;11-6-5-8-7-12-10-4-2-1-3-9(8)10;1-2-9-7-8-3-5-10(9)6-4-8/h3-8,13-15,18H,2,9-12H2,1H3;1-4,7,12H,5-6,11H2;7-8,10H,2-6H2,1H3. The highest BCUT2D eigenvalue weighted by molar-refractivity contribution is 7.17. The number of hydrogen-bond donors (Lipinski definition) is 2. The lowest BCUT2D eigenvalue weighted by Gasteiger charge is -2.46. The van der Waals surface area contributed by atoms with E-state index in [0.29, 0.717) is 12.6 Å². The zero-order valence-electron chi connectivity index (χ0n) is 26.3. The van der Waals surface area contributed by atoms with Gasteiger partial charge in [-0.15, -0.1) is 11.3 Å². The van der Waals surface area contributed by atoms with Gasteiger partial charge in [0.25, 0.3) is 0 Å². The van der Waals surface area contributed by atoms with Crippen LogP contribution < -0.4 is 5.73 Å². The lowest BCUT2D eigenvalue weighted by atomic mass is 9.71. The van der Waals surface area contributed by atoms with Crippen LogP contribution in [0, 0.1) is 23.7 Å². The van der Waals surface area contributed by atoms with Crippen molar-refractivity contribution in [2.75, 3.05) is 19.6 Å². The molecule has 2 aromatic carbocycles. The summed E-state index contributed by atoms with van der Waals surface area (Å²) < 4.78 is 1.43. The number of aromatic nitrogens is 1. The van der Waals surface area contributed by atoms with E-state index < -0.39 is 0 Å². The molecule has 2 aliphatic heterocycles. The molecule has 6 aliphatic rings. The Morgan fingerprint density at radius 3 is 2.37 bits per heavy atom. The summed E-state index contributed by atoms with van der Waals surface area (Å²) in [6, 6.07) is 17.8. The topological polar surface area (TPSA) is 45.0 Å². The number of rotatable bonds is 7. The highest BCUT2D eigenvalue weighted by Crippen LogP contribution is 2.41. The number of para-hydroxylation sites is 1. The van der Waals surface area contributed by atoms with Crippen LogP contribution >= 0.6 is 11.3 Å². The van der Waals surface area contributed by atoms with Gasteiger partial charge in [0.15, 0.2) is 0 Å². The second-order valence-electron chi connectivity index (χ2n) is 13.1. The van der Waals surface area contributed by atoms with E-state index >= 15 is 0 Å². The van der Waals surface area contributed by atoms with E-state index in [9.17, 15) is 0 Å². The van der Waals surface area contributed by atoms with Crippen molar-refractivity contribution in [1.29, 1.82) is 0 Å². The Bertz CT molecular complexity index is 1520. The SMILES string of the molecule is CCC1=CC2CCC1CC2.CCC1CC2C=CC1N(CCc1csc3ccccc13)C2.NCCc1c[nH]c2ccccc12. The summed E-state index contributed by atoms with van der Waals surface area (Å²) in [5.41, 5.74) is 11.3. The molecule has 3 N–H and O–H groups in total. The molecule has 43 heavy (non-hydrogen) atoms. The molecule has 1 saturated heterocycles. The van der Waals surface area contributed by atoms with Crippen molar-refractivity contribution >= 4 is 32.3 Å². The Kier molecular flexibility index (Phi) is 10.2. The molecule has 1 saturated carbocycles. The molecular weight excluding hydrogens is 543 g/mol. The van der Waals surface area contributed by atoms with Gasteiger partial charge in [0, 0.05) is 40.9 Å². The van der Waals surface area contributed by atoms with E-state index in [-0.39, 0.29) is 0 Å². The molecule has 4 heteroatoms. The molecule has 4 heterocycles. The summed E-state index contributed by atoms with van der Waals surface area (Å²) in [5.74, 6) is 3.65. The normalized spacial score (nSPS) is 25.7. The summed E-state index contributed by atoms with van der Waals surface area (Å²) in [6.45, 7) is 7.85. The van der Waals surface area contributed by atoms with Crippen molar-refractivity contribution in [3.8, 4) is 0 Å². The molecule has 0 radical (unpaired) electrons. The maximum atomic E-state index is 5.50. The monoisotopic (exact) mass is 593 g/mol. The van der Waals surface area contributed by atoms with Gasteiger partial charge in [-0.25, -0.2) is 0 Å². The lowest BCUT2D eigenvalue weighted by Crippen LogP contribution is -2.50. The zero-order chi connectivity index (χ0) is 29.6. The third kappa shape index (κ3) is 7.03. The predicted octanol–water partition coefficient (Wildman–Crippen LogP) is 9.54. The van der Waals surface area contributed by atoms with E-state index in [1.807, 2.05) is 23.6 Å². The maximum Gasteiger partial charge on any atom is 0.0456 e. The molecule has 4 bridgehead atoms. The second-order valence-corrected chi connectivity index (χ2v) is 14.1. The average molecular weight is 594 g/mol. The first-order valence-electron chi connectivity index (χ1n) is 17.0. The first-order valence-corrected chi connectivity index (χ1v) is 17.9. The number of benzene rings is 2. The smallest absolute Gasteiger partial charge is 0.0456 e. The Balaban J connectivity index is 0.000000126. The summed E-state index contributed by atoms with van der Waals surface area (Å²) in [7, 11) is 0. The van der Waals surface area contributed by atoms with Crippen molar-refractivity contribution < 1.29 is 0 Å². The fraction of sp³-hybridized carbons (Fsp3) is 0.487. The van der Waals surface area contributed by atoms with Crippen LogP contribution in [-0.4, -0.2) is 35.6 Å². The number of hydrogen-bond acceptors (Lipinski definition) is 3. The van der Waals surface area contributed by atoms with Gasteiger partial charge < -0.3 is 10.7 Å². The third-order valence-corrected chi connectivity index (χ3v) is 11.6. The van der Waals surface area contributed by atoms with Gasteiger partial charge in [-0.3, -0.25) is 4.90 Å². The molecule has 3 unspecified atom stereocenters. The van der Waals surface area contributed by atoms with Gasteiger partial charge in [0.1, 0.15) is 0 Å². The van der Waals surface area contributed by atoms with E-state index in [1.54, 1.807) is 5.57 Å². The predicted molar refractivity (Wildman–Crippen MR) is 187 cm³/mol. The molecule has 228 valence electrons. The number of nitrogens with zero attached hydrogens (tertiary/aromatic N) is 1. The average Bonchev–Trinajstić information content (AvgIpc) is 3.69. The first kappa shape index (κ1) is 30.4. The molecule has 0 spiro atoms. The Morgan fingerprint density at radius 1 is 0.884 bits per heavy atom. The van der Waals surface area contributed by atoms with Crippen molar-refractivity contribution in [1.82, 2.24) is 9.88 Å². The highest BCUT2D eigenvalue weighted by atomic mass is 32.1. The highest BCUT2D eigenvalue weighted by Gasteiger charge is 2.36. The van der Waals surface area contributed by atoms with Gasteiger partial charge >= 0.3 is 0 Å². The fourth-order valence-electron chi connectivity index (χ4n) is 8.15. The Labute approximate surface area is 263 Å².